The second-order valence-electron chi connectivity index (χ2n) is 4.71. The average molecular weight is 306 g/mol. The molecule has 1 heterocycles. The summed E-state index contributed by atoms with van der Waals surface area (Å²) in [5.41, 5.74) is 8.86. The molecular formula is C15H13ClFN3O. The molecule has 3 rings (SSSR count). The smallest absolute Gasteiger partial charge is 0.205 e. The maximum atomic E-state index is 13.7. The average Bonchev–Trinajstić information content (AvgIpc) is 2.75. The molecule has 2 aromatic carbocycles. The Morgan fingerprint density at radius 2 is 2.05 bits per heavy atom. The van der Waals surface area contributed by atoms with Crippen LogP contribution in [0.25, 0.3) is 16.7 Å². The number of fused-ring (bicyclic) bond motifs is 1. The van der Waals surface area contributed by atoms with E-state index in [0.29, 0.717) is 11.0 Å². The van der Waals surface area contributed by atoms with Crippen molar-refractivity contribution in [2.75, 3.05) is 12.8 Å². The van der Waals surface area contributed by atoms with Gasteiger partial charge in [0.15, 0.2) is 0 Å². The highest BCUT2D eigenvalue weighted by atomic mass is 35.5. The highest BCUT2D eigenvalue weighted by Gasteiger charge is 2.14. The van der Waals surface area contributed by atoms with Crippen LogP contribution in [0.4, 0.5) is 10.3 Å². The summed E-state index contributed by atoms with van der Waals surface area (Å²) in [5.74, 6) is 0.518. The van der Waals surface area contributed by atoms with E-state index in [0.717, 1.165) is 17.0 Å². The molecule has 0 aliphatic heterocycles. The van der Waals surface area contributed by atoms with Crippen molar-refractivity contribution >= 4 is 28.6 Å². The van der Waals surface area contributed by atoms with Crippen LogP contribution in [0.15, 0.2) is 30.3 Å². The number of hydrogen-bond acceptors (Lipinski definition) is 3. The first-order chi connectivity index (χ1) is 10.0. The zero-order chi connectivity index (χ0) is 15.1. The van der Waals surface area contributed by atoms with Crippen LogP contribution < -0.4 is 10.5 Å². The van der Waals surface area contributed by atoms with Crippen molar-refractivity contribution in [2.24, 2.45) is 0 Å². The standard InChI is InChI=1S/C15H13ClFN3O/c1-8-5-9(21-2)3-4-13(8)20-14-7-11(17)10(16)6-12(14)19-15(20)18/h3-7H,1-2H3,(H2,18,19). The van der Waals surface area contributed by atoms with Crippen molar-refractivity contribution in [3.8, 4) is 11.4 Å². The number of anilines is 1. The normalized spacial score (nSPS) is 11.0. The molecule has 0 bridgehead atoms. The van der Waals surface area contributed by atoms with Gasteiger partial charge in [0, 0.05) is 6.07 Å². The Morgan fingerprint density at radius 3 is 2.71 bits per heavy atom. The minimum atomic E-state index is -0.503. The fourth-order valence-electron chi connectivity index (χ4n) is 2.35. The second-order valence-corrected chi connectivity index (χ2v) is 5.12. The van der Waals surface area contributed by atoms with Crippen molar-refractivity contribution in [3.63, 3.8) is 0 Å². The topological polar surface area (TPSA) is 53.1 Å². The maximum absolute atomic E-state index is 13.7. The molecule has 2 N–H and O–H groups in total. The molecule has 0 atom stereocenters. The van der Waals surface area contributed by atoms with E-state index in [-0.39, 0.29) is 11.0 Å². The molecule has 108 valence electrons. The van der Waals surface area contributed by atoms with Gasteiger partial charge in [-0.05, 0) is 36.8 Å². The van der Waals surface area contributed by atoms with Gasteiger partial charge in [0.05, 0.1) is 28.9 Å². The molecule has 0 unspecified atom stereocenters. The molecule has 3 aromatic rings. The number of nitrogens with two attached hydrogens (primary N) is 1. The number of hydrogen-bond donors (Lipinski definition) is 1. The van der Waals surface area contributed by atoms with Crippen molar-refractivity contribution in [3.05, 3.63) is 46.7 Å². The lowest BCUT2D eigenvalue weighted by Gasteiger charge is -2.11. The number of aryl methyl sites for hydroxylation is 1. The monoisotopic (exact) mass is 305 g/mol. The summed E-state index contributed by atoms with van der Waals surface area (Å²) in [4.78, 5) is 4.23. The first-order valence-electron chi connectivity index (χ1n) is 6.29. The Morgan fingerprint density at radius 1 is 1.29 bits per heavy atom. The summed E-state index contributed by atoms with van der Waals surface area (Å²) in [6.45, 7) is 1.93. The summed E-state index contributed by atoms with van der Waals surface area (Å²) in [7, 11) is 1.60. The van der Waals surface area contributed by atoms with Crippen LogP contribution in [0.5, 0.6) is 5.75 Å². The largest absolute Gasteiger partial charge is 0.497 e. The van der Waals surface area contributed by atoms with E-state index in [9.17, 15) is 4.39 Å². The van der Waals surface area contributed by atoms with Gasteiger partial charge in [0.25, 0.3) is 0 Å². The van der Waals surface area contributed by atoms with E-state index in [1.807, 2.05) is 25.1 Å². The van der Waals surface area contributed by atoms with Crippen molar-refractivity contribution in [2.45, 2.75) is 6.92 Å². The van der Waals surface area contributed by atoms with Crippen molar-refractivity contribution in [1.82, 2.24) is 9.55 Å². The number of benzene rings is 2. The van der Waals surface area contributed by atoms with Crippen LogP contribution in [0.1, 0.15) is 5.56 Å². The Bertz CT molecular complexity index is 845. The van der Waals surface area contributed by atoms with Gasteiger partial charge in [-0.1, -0.05) is 11.6 Å². The molecule has 0 amide bonds. The molecule has 0 aliphatic carbocycles. The summed E-state index contributed by atoms with van der Waals surface area (Å²) >= 11 is 5.78. The lowest BCUT2D eigenvalue weighted by atomic mass is 10.2. The number of imidazole rings is 1. The van der Waals surface area contributed by atoms with Gasteiger partial charge in [-0.2, -0.15) is 0 Å². The van der Waals surface area contributed by atoms with Crippen LogP contribution in [-0.4, -0.2) is 16.7 Å². The van der Waals surface area contributed by atoms with Crippen molar-refractivity contribution in [1.29, 1.82) is 0 Å². The van der Waals surface area contributed by atoms with Gasteiger partial charge < -0.3 is 10.5 Å². The molecule has 4 nitrogen and oxygen atoms in total. The number of halogens is 2. The number of nitrogen functional groups attached to an aromatic ring is 1. The van der Waals surface area contributed by atoms with Crippen LogP contribution in [0.3, 0.4) is 0 Å². The predicted octanol–water partition coefficient (Wildman–Crippen LogP) is 3.72. The second kappa shape index (κ2) is 4.93. The third-order valence-corrected chi connectivity index (χ3v) is 3.66. The van der Waals surface area contributed by atoms with E-state index < -0.39 is 5.82 Å². The third kappa shape index (κ3) is 2.19. The van der Waals surface area contributed by atoms with Gasteiger partial charge in [0.1, 0.15) is 11.6 Å². The number of nitrogens with zero attached hydrogens (tertiary/aromatic N) is 2. The van der Waals surface area contributed by atoms with E-state index >= 15 is 0 Å². The van der Waals surface area contributed by atoms with Gasteiger partial charge >= 0.3 is 0 Å². The predicted molar refractivity (Wildman–Crippen MR) is 81.7 cm³/mol. The molecule has 1 aromatic heterocycles. The van der Waals surface area contributed by atoms with Crippen LogP contribution in [0, 0.1) is 12.7 Å². The quantitative estimate of drug-likeness (QED) is 0.785. The fourth-order valence-corrected chi connectivity index (χ4v) is 2.51. The Balaban J connectivity index is 2.29. The molecule has 0 spiro atoms. The number of rotatable bonds is 2. The van der Waals surface area contributed by atoms with Crippen LogP contribution in [-0.2, 0) is 0 Å². The van der Waals surface area contributed by atoms with E-state index in [1.54, 1.807) is 11.7 Å². The molecule has 0 radical (unpaired) electrons. The van der Waals surface area contributed by atoms with Crippen LogP contribution in [0.2, 0.25) is 5.02 Å². The molecule has 21 heavy (non-hydrogen) atoms. The highest BCUT2D eigenvalue weighted by molar-refractivity contribution is 6.31. The Labute approximate surface area is 125 Å². The summed E-state index contributed by atoms with van der Waals surface area (Å²) in [6, 6.07) is 8.37. The molecule has 0 saturated heterocycles. The molecular weight excluding hydrogens is 293 g/mol. The minimum Gasteiger partial charge on any atom is -0.497 e. The number of ether oxygens (including phenoxy) is 1. The lowest BCUT2D eigenvalue weighted by Crippen LogP contribution is -2.03. The van der Waals surface area contributed by atoms with Crippen LogP contribution >= 0.6 is 11.6 Å². The summed E-state index contributed by atoms with van der Waals surface area (Å²) < 4.78 is 20.6. The summed E-state index contributed by atoms with van der Waals surface area (Å²) in [6.07, 6.45) is 0. The third-order valence-electron chi connectivity index (χ3n) is 3.37. The van der Waals surface area contributed by atoms with E-state index in [4.69, 9.17) is 22.1 Å². The van der Waals surface area contributed by atoms with E-state index in [1.165, 1.54) is 12.1 Å². The van der Waals surface area contributed by atoms with Gasteiger partial charge in [-0.15, -0.1) is 0 Å². The molecule has 0 saturated carbocycles. The van der Waals surface area contributed by atoms with Gasteiger partial charge in [-0.25, -0.2) is 9.37 Å². The zero-order valence-electron chi connectivity index (χ0n) is 11.5. The molecule has 6 heteroatoms. The Hall–Kier alpha value is -2.27. The fraction of sp³-hybridized carbons (Fsp3) is 0.133. The Kier molecular flexibility index (Phi) is 3.22. The van der Waals surface area contributed by atoms with E-state index in [2.05, 4.69) is 4.98 Å². The highest BCUT2D eigenvalue weighted by Crippen LogP contribution is 2.30. The number of methoxy groups -OCH3 is 1. The van der Waals surface area contributed by atoms with Gasteiger partial charge in [-0.3, -0.25) is 4.57 Å². The summed E-state index contributed by atoms with van der Waals surface area (Å²) in [5, 5.41) is 0.0265. The lowest BCUT2D eigenvalue weighted by molar-refractivity contribution is 0.414. The first-order valence-corrected chi connectivity index (χ1v) is 6.67. The first kappa shape index (κ1) is 13.7. The maximum Gasteiger partial charge on any atom is 0.205 e. The SMILES string of the molecule is COc1ccc(-n2c(N)nc3cc(Cl)c(F)cc32)c(C)c1. The van der Waals surface area contributed by atoms with Gasteiger partial charge in [0.2, 0.25) is 5.95 Å². The van der Waals surface area contributed by atoms with Crippen molar-refractivity contribution < 1.29 is 9.13 Å². The molecule has 0 fully saturated rings. The zero-order valence-corrected chi connectivity index (χ0v) is 12.3. The minimum absolute atomic E-state index is 0.0265. The number of aromatic nitrogens is 2. The molecule has 0 aliphatic rings.